The molecule has 0 amide bonds. The highest BCUT2D eigenvalue weighted by molar-refractivity contribution is 6.00. The van der Waals surface area contributed by atoms with Gasteiger partial charge in [0.15, 0.2) is 0 Å². The van der Waals surface area contributed by atoms with E-state index in [0.29, 0.717) is 22.8 Å². The molecule has 0 aliphatic heterocycles. The Bertz CT molecular complexity index is 1710. The van der Waals surface area contributed by atoms with Gasteiger partial charge in [0.2, 0.25) is 0 Å². The fraction of sp³-hybridized carbons (Fsp3) is 0.0741. The number of rotatable bonds is 5. The normalized spacial score (nSPS) is 11.3. The molecular weight excluding hydrogens is 445 g/mol. The molecule has 0 bridgehead atoms. The second-order valence-electron chi connectivity index (χ2n) is 8.13. The number of ether oxygens (including phenoxy) is 2. The minimum absolute atomic E-state index is 0.383. The molecule has 0 saturated carbocycles. The van der Waals surface area contributed by atoms with Crippen LogP contribution in [0.25, 0.3) is 55.6 Å². The van der Waals surface area contributed by atoms with Crippen LogP contribution in [-0.2, 0) is 0 Å². The molecule has 4 heterocycles. The van der Waals surface area contributed by atoms with Crippen molar-refractivity contribution >= 4 is 21.8 Å². The van der Waals surface area contributed by atoms with E-state index in [1.807, 2.05) is 30.3 Å². The number of nitrogens with zero attached hydrogens (tertiary/aromatic N) is 3. The maximum Gasteiger partial charge on any atom is 0.137 e. The first-order chi connectivity index (χ1) is 17.1. The lowest BCUT2D eigenvalue weighted by molar-refractivity contribution is 0.411. The Balaban J connectivity index is 1.48. The van der Waals surface area contributed by atoms with Gasteiger partial charge in [0, 0.05) is 45.9 Å². The van der Waals surface area contributed by atoms with Gasteiger partial charge in [0.05, 0.1) is 37.3 Å². The van der Waals surface area contributed by atoms with Crippen LogP contribution in [-0.4, -0.2) is 39.4 Å². The summed E-state index contributed by atoms with van der Waals surface area (Å²) in [5, 5.41) is 9.50. The lowest BCUT2D eigenvalue weighted by atomic mass is 10.0. The number of benzene rings is 2. The summed E-state index contributed by atoms with van der Waals surface area (Å²) in [6, 6.07) is 16.5. The van der Waals surface area contributed by atoms with Crippen LogP contribution in [0.4, 0.5) is 4.39 Å². The third kappa shape index (κ3) is 3.65. The summed E-state index contributed by atoms with van der Waals surface area (Å²) < 4.78 is 24.8. The van der Waals surface area contributed by atoms with Gasteiger partial charge in [-0.15, -0.1) is 0 Å². The smallest absolute Gasteiger partial charge is 0.137 e. The average Bonchev–Trinajstić information content (AvgIpc) is 3.51. The Labute approximate surface area is 199 Å². The molecule has 0 spiro atoms. The molecule has 0 aliphatic carbocycles. The second-order valence-corrected chi connectivity index (χ2v) is 8.13. The first-order valence-corrected chi connectivity index (χ1v) is 10.9. The zero-order valence-electron chi connectivity index (χ0n) is 19.0. The molecule has 6 aromatic rings. The van der Waals surface area contributed by atoms with E-state index < -0.39 is 0 Å². The molecule has 172 valence electrons. The first-order valence-electron chi connectivity index (χ1n) is 10.9. The Morgan fingerprint density at radius 2 is 1.57 bits per heavy atom. The highest BCUT2D eigenvalue weighted by Gasteiger charge is 2.16. The maximum atomic E-state index is 14.2. The fourth-order valence-corrected chi connectivity index (χ4v) is 4.32. The van der Waals surface area contributed by atoms with Gasteiger partial charge in [-0.2, -0.15) is 5.10 Å². The van der Waals surface area contributed by atoms with Crippen LogP contribution in [0, 0.1) is 5.82 Å². The van der Waals surface area contributed by atoms with Gasteiger partial charge < -0.3 is 14.5 Å². The van der Waals surface area contributed by atoms with Gasteiger partial charge >= 0.3 is 0 Å². The Hall–Kier alpha value is -4.72. The van der Waals surface area contributed by atoms with Gasteiger partial charge in [-0.1, -0.05) is 6.07 Å². The van der Waals surface area contributed by atoms with Crippen molar-refractivity contribution in [1.82, 2.24) is 25.1 Å². The standard InChI is InChI=1S/C27H20FN5O2/c1-34-19-8-16(7-18(28)11-19)26-22-12-25(31-23(22)5-6-30-26)27-21-10-15(3-4-24(21)32-33-27)17-9-20(35-2)14-29-13-17/h3-14,31H,1-2H3,(H,32,33). The number of methoxy groups -OCH3 is 2. The van der Waals surface area contributed by atoms with Gasteiger partial charge in [-0.3, -0.25) is 15.1 Å². The molecule has 0 saturated heterocycles. The third-order valence-corrected chi connectivity index (χ3v) is 6.03. The van der Waals surface area contributed by atoms with E-state index in [-0.39, 0.29) is 5.82 Å². The van der Waals surface area contributed by atoms with E-state index in [1.165, 1.54) is 19.2 Å². The van der Waals surface area contributed by atoms with E-state index in [2.05, 4.69) is 31.2 Å². The summed E-state index contributed by atoms with van der Waals surface area (Å²) in [5.41, 5.74) is 6.62. The quantitative estimate of drug-likeness (QED) is 0.326. The van der Waals surface area contributed by atoms with Crippen LogP contribution in [0.2, 0.25) is 0 Å². The molecule has 0 aliphatic rings. The Morgan fingerprint density at radius 3 is 2.43 bits per heavy atom. The van der Waals surface area contributed by atoms with Crippen LogP contribution >= 0.6 is 0 Å². The summed E-state index contributed by atoms with van der Waals surface area (Å²) in [5.74, 6) is 0.749. The van der Waals surface area contributed by atoms with Gasteiger partial charge in [0.1, 0.15) is 23.0 Å². The number of nitrogens with one attached hydrogen (secondary N) is 2. The summed E-state index contributed by atoms with van der Waals surface area (Å²) in [7, 11) is 3.14. The fourth-order valence-electron chi connectivity index (χ4n) is 4.32. The molecule has 35 heavy (non-hydrogen) atoms. The van der Waals surface area contributed by atoms with Crippen molar-refractivity contribution in [2.75, 3.05) is 14.2 Å². The molecule has 4 aromatic heterocycles. The molecule has 0 atom stereocenters. The van der Waals surface area contributed by atoms with Crippen LogP contribution in [0.15, 0.2) is 73.2 Å². The number of H-pyrrole nitrogens is 2. The summed E-state index contributed by atoms with van der Waals surface area (Å²) >= 11 is 0. The second kappa shape index (κ2) is 8.25. The van der Waals surface area contributed by atoms with Crippen molar-refractivity contribution in [2.45, 2.75) is 0 Å². The minimum Gasteiger partial charge on any atom is -0.497 e. The highest BCUT2D eigenvalue weighted by Crippen LogP contribution is 2.35. The Kier molecular flexibility index (Phi) is 4.92. The Morgan fingerprint density at radius 1 is 0.743 bits per heavy atom. The maximum absolute atomic E-state index is 14.2. The minimum atomic E-state index is -0.383. The van der Waals surface area contributed by atoms with Gasteiger partial charge in [0.25, 0.3) is 0 Å². The van der Waals surface area contributed by atoms with Crippen LogP contribution in [0.5, 0.6) is 11.5 Å². The van der Waals surface area contributed by atoms with E-state index in [0.717, 1.165) is 44.3 Å². The van der Waals surface area contributed by atoms with Crippen molar-refractivity contribution in [3.8, 4) is 45.3 Å². The molecule has 8 heteroatoms. The predicted octanol–water partition coefficient (Wildman–Crippen LogP) is 5.99. The molecule has 7 nitrogen and oxygen atoms in total. The number of aromatic amines is 2. The molecule has 0 radical (unpaired) electrons. The summed E-state index contributed by atoms with van der Waals surface area (Å²) in [4.78, 5) is 12.2. The lowest BCUT2D eigenvalue weighted by Gasteiger charge is -2.06. The molecule has 6 rings (SSSR count). The molecular formula is C27H20FN5O2. The van der Waals surface area contributed by atoms with Crippen molar-refractivity contribution in [2.24, 2.45) is 0 Å². The average molecular weight is 465 g/mol. The first kappa shape index (κ1) is 20.9. The van der Waals surface area contributed by atoms with Crippen molar-refractivity contribution in [1.29, 1.82) is 0 Å². The SMILES string of the molecule is COc1cncc(-c2ccc3[nH]nc(-c4cc5c(-c6cc(F)cc(OC)c6)nccc5[nH]4)c3c2)c1. The number of fused-ring (bicyclic) bond motifs is 2. The molecule has 0 fully saturated rings. The van der Waals surface area contributed by atoms with Crippen molar-refractivity contribution in [3.63, 3.8) is 0 Å². The van der Waals surface area contributed by atoms with Crippen LogP contribution in [0.1, 0.15) is 0 Å². The van der Waals surface area contributed by atoms with Crippen molar-refractivity contribution < 1.29 is 13.9 Å². The van der Waals surface area contributed by atoms with Gasteiger partial charge in [-0.05, 0) is 48.0 Å². The summed E-state index contributed by atoms with van der Waals surface area (Å²) in [6.45, 7) is 0. The third-order valence-electron chi connectivity index (χ3n) is 6.03. The number of hydrogen-bond donors (Lipinski definition) is 2. The zero-order valence-corrected chi connectivity index (χ0v) is 19.0. The zero-order chi connectivity index (χ0) is 23.9. The van der Waals surface area contributed by atoms with E-state index in [9.17, 15) is 4.39 Å². The van der Waals surface area contributed by atoms with E-state index >= 15 is 0 Å². The molecule has 2 aromatic carbocycles. The lowest BCUT2D eigenvalue weighted by Crippen LogP contribution is -1.89. The van der Waals surface area contributed by atoms with E-state index in [4.69, 9.17) is 9.47 Å². The predicted molar refractivity (Wildman–Crippen MR) is 133 cm³/mol. The monoisotopic (exact) mass is 465 g/mol. The molecule has 2 N–H and O–H groups in total. The van der Waals surface area contributed by atoms with E-state index in [1.54, 1.807) is 31.8 Å². The largest absolute Gasteiger partial charge is 0.497 e. The number of aromatic nitrogens is 5. The summed E-state index contributed by atoms with van der Waals surface area (Å²) in [6.07, 6.45) is 5.18. The highest BCUT2D eigenvalue weighted by atomic mass is 19.1. The number of pyridine rings is 2. The molecule has 0 unspecified atom stereocenters. The van der Waals surface area contributed by atoms with Crippen molar-refractivity contribution in [3.05, 3.63) is 79.0 Å². The topological polar surface area (TPSA) is 88.7 Å². The van der Waals surface area contributed by atoms with Gasteiger partial charge in [-0.25, -0.2) is 4.39 Å². The van der Waals surface area contributed by atoms with Crippen LogP contribution in [0.3, 0.4) is 0 Å². The number of halogens is 1. The number of hydrogen-bond acceptors (Lipinski definition) is 5. The van der Waals surface area contributed by atoms with Crippen LogP contribution < -0.4 is 9.47 Å².